The van der Waals surface area contributed by atoms with Crippen molar-refractivity contribution >= 4 is 29.3 Å². The fourth-order valence-electron chi connectivity index (χ4n) is 1.80. The highest BCUT2D eigenvalue weighted by molar-refractivity contribution is 8.00. The Hall–Kier alpha value is -1.73. The first-order valence-corrected chi connectivity index (χ1v) is 8.19. The van der Waals surface area contributed by atoms with E-state index in [2.05, 4.69) is 10.2 Å². The van der Waals surface area contributed by atoms with Gasteiger partial charge < -0.3 is 14.0 Å². The molecule has 0 amide bonds. The molecule has 0 N–H and O–H groups in total. The number of hydrogen-bond donors (Lipinski definition) is 0. The number of rotatable bonds is 6. The molecule has 2 rings (SSSR count). The molecule has 8 heteroatoms. The fraction of sp³-hybridized carbons (Fsp3) is 0.400. The molecule has 0 radical (unpaired) electrons. The van der Waals surface area contributed by atoms with Crippen LogP contribution in [0.4, 0.5) is 0 Å². The van der Waals surface area contributed by atoms with Crippen molar-refractivity contribution in [1.82, 2.24) is 14.8 Å². The number of esters is 1. The molecular weight excluding hydrogens is 338 g/mol. The minimum Gasteiger partial charge on any atom is -0.486 e. The van der Waals surface area contributed by atoms with Crippen LogP contribution in [0, 0.1) is 6.92 Å². The van der Waals surface area contributed by atoms with Gasteiger partial charge in [-0.25, -0.2) is 0 Å². The van der Waals surface area contributed by atoms with E-state index in [-0.39, 0.29) is 17.8 Å². The summed E-state index contributed by atoms with van der Waals surface area (Å²) >= 11 is 7.28. The number of halogens is 1. The number of aromatic nitrogens is 3. The van der Waals surface area contributed by atoms with E-state index in [4.69, 9.17) is 21.1 Å². The Morgan fingerprint density at radius 2 is 2.17 bits per heavy atom. The monoisotopic (exact) mass is 355 g/mol. The van der Waals surface area contributed by atoms with Crippen LogP contribution in [0.5, 0.6) is 5.75 Å². The van der Waals surface area contributed by atoms with Gasteiger partial charge in [0, 0.05) is 12.1 Å². The van der Waals surface area contributed by atoms with E-state index in [1.54, 1.807) is 23.6 Å². The van der Waals surface area contributed by atoms with Gasteiger partial charge in [0.1, 0.15) is 17.6 Å². The van der Waals surface area contributed by atoms with Gasteiger partial charge in [-0.05, 0) is 37.6 Å². The molecular formula is C15H18ClN3O3S. The van der Waals surface area contributed by atoms with Crippen LogP contribution in [0.3, 0.4) is 0 Å². The van der Waals surface area contributed by atoms with E-state index < -0.39 is 0 Å². The standard InChI is InChI=1S/C15H18ClN3O3S/c1-9-7-11(5-6-12(9)16)22-8-13-17-18-15(19(13)3)23-10(2)14(20)21-4/h5-7,10H,8H2,1-4H3/t10-/m0/s1. The summed E-state index contributed by atoms with van der Waals surface area (Å²) in [4.78, 5) is 11.5. The lowest BCUT2D eigenvalue weighted by molar-refractivity contribution is -0.139. The maximum Gasteiger partial charge on any atom is 0.318 e. The molecule has 1 aromatic heterocycles. The highest BCUT2D eigenvalue weighted by Gasteiger charge is 2.19. The summed E-state index contributed by atoms with van der Waals surface area (Å²) in [5, 5.41) is 9.16. The number of nitrogens with zero attached hydrogens (tertiary/aromatic N) is 3. The van der Waals surface area contributed by atoms with E-state index in [0.29, 0.717) is 21.8 Å². The van der Waals surface area contributed by atoms with Crippen LogP contribution in [0.2, 0.25) is 5.02 Å². The lowest BCUT2D eigenvalue weighted by atomic mass is 10.2. The molecule has 1 aromatic carbocycles. The third-order valence-electron chi connectivity index (χ3n) is 3.24. The molecule has 1 heterocycles. The Morgan fingerprint density at radius 3 is 2.83 bits per heavy atom. The van der Waals surface area contributed by atoms with E-state index >= 15 is 0 Å². The molecule has 0 spiro atoms. The summed E-state index contributed by atoms with van der Waals surface area (Å²) in [7, 11) is 3.20. The topological polar surface area (TPSA) is 66.2 Å². The highest BCUT2D eigenvalue weighted by atomic mass is 35.5. The zero-order chi connectivity index (χ0) is 17.0. The van der Waals surface area contributed by atoms with Crippen molar-refractivity contribution in [3.63, 3.8) is 0 Å². The molecule has 0 unspecified atom stereocenters. The highest BCUT2D eigenvalue weighted by Crippen LogP contribution is 2.24. The smallest absolute Gasteiger partial charge is 0.318 e. The maximum absolute atomic E-state index is 11.5. The molecule has 0 aliphatic heterocycles. The number of methoxy groups -OCH3 is 1. The summed E-state index contributed by atoms with van der Waals surface area (Å²) in [6, 6.07) is 5.47. The summed E-state index contributed by atoms with van der Waals surface area (Å²) < 4.78 is 12.2. The second kappa shape index (κ2) is 7.70. The average molecular weight is 356 g/mol. The van der Waals surface area contributed by atoms with Crippen LogP contribution < -0.4 is 4.74 Å². The van der Waals surface area contributed by atoms with E-state index in [1.165, 1.54) is 18.9 Å². The predicted molar refractivity (Wildman–Crippen MR) is 88.9 cm³/mol. The molecule has 6 nitrogen and oxygen atoms in total. The minimum absolute atomic E-state index is 0.276. The molecule has 1 atom stereocenters. The molecule has 23 heavy (non-hydrogen) atoms. The molecule has 0 aliphatic carbocycles. The lowest BCUT2D eigenvalue weighted by Crippen LogP contribution is -2.15. The van der Waals surface area contributed by atoms with E-state index in [0.717, 1.165) is 5.56 Å². The largest absolute Gasteiger partial charge is 0.486 e. The van der Waals surface area contributed by atoms with Crippen LogP contribution in [-0.2, 0) is 23.2 Å². The molecule has 0 saturated carbocycles. The second-order valence-corrected chi connectivity index (χ2v) is 6.66. The van der Waals surface area contributed by atoms with E-state index in [9.17, 15) is 4.79 Å². The van der Waals surface area contributed by atoms with Crippen molar-refractivity contribution < 1.29 is 14.3 Å². The van der Waals surface area contributed by atoms with Crippen molar-refractivity contribution in [1.29, 1.82) is 0 Å². The van der Waals surface area contributed by atoms with Crippen molar-refractivity contribution in [2.24, 2.45) is 7.05 Å². The second-order valence-electron chi connectivity index (χ2n) is 4.94. The number of thioether (sulfide) groups is 1. The lowest BCUT2D eigenvalue weighted by Gasteiger charge is -2.09. The Balaban J connectivity index is 2.01. The van der Waals surface area contributed by atoms with Gasteiger partial charge in [0.25, 0.3) is 0 Å². The number of ether oxygens (including phenoxy) is 2. The van der Waals surface area contributed by atoms with Crippen LogP contribution in [0.15, 0.2) is 23.4 Å². The molecule has 0 aliphatic rings. The van der Waals surface area contributed by atoms with Gasteiger partial charge in [0.15, 0.2) is 11.0 Å². The normalized spacial score (nSPS) is 12.0. The number of benzene rings is 1. The Kier molecular flexibility index (Phi) is 5.90. The fourth-order valence-corrected chi connectivity index (χ4v) is 2.78. The zero-order valence-electron chi connectivity index (χ0n) is 13.4. The van der Waals surface area contributed by atoms with Gasteiger partial charge in [-0.1, -0.05) is 23.4 Å². The Bertz CT molecular complexity index is 705. The quantitative estimate of drug-likeness (QED) is 0.586. The van der Waals surface area contributed by atoms with Gasteiger partial charge in [-0.15, -0.1) is 10.2 Å². The third-order valence-corrected chi connectivity index (χ3v) is 4.77. The Labute approximate surface area is 144 Å². The molecule has 0 saturated heterocycles. The number of aryl methyl sites for hydroxylation is 1. The van der Waals surface area contributed by atoms with Crippen LogP contribution >= 0.6 is 23.4 Å². The predicted octanol–water partition coefficient (Wildman–Crippen LogP) is 3.01. The molecule has 0 fully saturated rings. The van der Waals surface area contributed by atoms with E-state index in [1.807, 2.05) is 20.0 Å². The molecule has 124 valence electrons. The van der Waals surface area contributed by atoms with Crippen molar-refractivity contribution in [2.45, 2.75) is 30.9 Å². The molecule has 0 bridgehead atoms. The van der Waals surface area contributed by atoms with Gasteiger partial charge in [0.2, 0.25) is 0 Å². The van der Waals surface area contributed by atoms with Gasteiger partial charge in [0.05, 0.1) is 7.11 Å². The summed E-state index contributed by atoms with van der Waals surface area (Å²) in [6.07, 6.45) is 0. The molecule has 2 aromatic rings. The third kappa shape index (κ3) is 4.39. The zero-order valence-corrected chi connectivity index (χ0v) is 14.9. The summed E-state index contributed by atoms with van der Waals surface area (Å²) in [6.45, 7) is 3.95. The van der Waals surface area contributed by atoms with Gasteiger partial charge >= 0.3 is 5.97 Å². The summed E-state index contributed by atoms with van der Waals surface area (Å²) in [5.41, 5.74) is 0.949. The van der Waals surface area contributed by atoms with Crippen LogP contribution in [0.1, 0.15) is 18.3 Å². The van der Waals surface area contributed by atoms with Crippen LogP contribution in [0.25, 0.3) is 0 Å². The number of carbonyl (C=O) groups is 1. The van der Waals surface area contributed by atoms with Crippen molar-refractivity contribution in [3.05, 3.63) is 34.6 Å². The first-order valence-electron chi connectivity index (χ1n) is 6.94. The first kappa shape index (κ1) is 17.6. The minimum atomic E-state index is -0.351. The van der Waals surface area contributed by atoms with Gasteiger partial charge in [-0.3, -0.25) is 4.79 Å². The first-order chi connectivity index (χ1) is 10.9. The SMILES string of the molecule is COC(=O)[C@H](C)Sc1nnc(COc2ccc(Cl)c(C)c2)n1C. The van der Waals surface area contributed by atoms with Crippen LogP contribution in [-0.4, -0.2) is 33.1 Å². The summed E-state index contributed by atoms with van der Waals surface area (Å²) in [5.74, 6) is 1.08. The van der Waals surface area contributed by atoms with Gasteiger partial charge in [-0.2, -0.15) is 0 Å². The number of hydrogen-bond acceptors (Lipinski definition) is 6. The Morgan fingerprint density at radius 1 is 1.43 bits per heavy atom. The number of carbonyl (C=O) groups excluding carboxylic acids is 1. The van der Waals surface area contributed by atoms with Crippen molar-refractivity contribution in [2.75, 3.05) is 7.11 Å². The van der Waals surface area contributed by atoms with Crippen molar-refractivity contribution in [3.8, 4) is 5.75 Å². The maximum atomic E-state index is 11.5. The average Bonchev–Trinajstić information content (AvgIpc) is 2.88.